The third-order valence-corrected chi connectivity index (χ3v) is 8.20. The maximum atomic E-state index is 13.2. The van der Waals surface area contributed by atoms with Crippen molar-refractivity contribution in [2.24, 2.45) is 5.41 Å². The molecule has 4 saturated heterocycles. The number of carbonyl (C=O) groups excluding carboxylic acids is 2. The van der Waals surface area contributed by atoms with Gasteiger partial charge in [-0.25, -0.2) is 4.39 Å². The molecule has 0 bridgehead atoms. The molecule has 4 heterocycles. The lowest BCUT2D eigenvalue weighted by Gasteiger charge is -2.38. The Morgan fingerprint density at radius 2 is 1.79 bits per heavy atom. The van der Waals surface area contributed by atoms with E-state index in [0.717, 1.165) is 83.5 Å². The molecule has 1 unspecified atom stereocenters. The molecular formula is C25H36FN5O2. The largest absolute Gasteiger partial charge is 0.369 e. The molecule has 5 rings (SSSR count). The SMILES string of the molecule is O=C(C1CCCN1)N1CCC2(CC1)C[C@H](CCN1CCN(c3ccc(F)cc3)CC1)NC2=O. The van der Waals surface area contributed by atoms with Gasteiger partial charge in [0.15, 0.2) is 0 Å². The van der Waals surface area contributed by atoms with Crippen LogP contribution in [0.25, 0.3) is 0 Å². The molecule has 8 heteroatoms. The smallest absolute Gasteiger partial charge is 0.239 e. The number of nitrogens with one attached hydrogen (secondary N) is 2. The summed E-state index contributed by atoms with van der Waals surface area (Å²) in [6.07, 6.45) is 5.43. The third-order valence-electron chi connectivity index (χ3n) is 8.20. The number of piperidine rings is 1. The molecule has 4 aliphatic heterocycles. The highest BCUT2D eigenvalue weighted by molar-refractivity contribution is 5.86. The molecular weight excluding hydrogens is 421 g/mol. The van der Waals surface area contributed by atoms with Crippen molar-refractivity contribution in [3.05, 3.63) is 30.1 Å². The first-order valence-corrected chi connectivity index (χ1v) is 12.6. The molecule has 4 fully saturated rings. The number of hydrogen-bond acceptors (Lipinski definition) is 5. The Bertz CT molecular complexity index is 841. The van der Waals surface area contributed by atoms with Gasteiger partial charge in [0.2, 0.25) is 11.8 Å². The average Bonchev–Trinajstić information content (AvgIpc) is 3.48. The summed E-state index contributed by atoms with van der Waals surface area (Å²) in [6.45, 7) is 7.14. The Morgan fingerprint density at radius 1 is 1.06 bits per heavy atom. The van der Waals surface area contributed by atoms with E-state index in [2.05, 4.69) is 20.4 Å². The van der Waals surface area contributed by atoms with Crippen LogP contribution in [-0.2, 0) is 9.59 Å². The van der Waals surface area contributed by atoms with Crippen molar-refractivity contribution in [3.63, 3.8) is 0 Å². The van der Waals surface area contributed by atoms with Crippen LogP contribution in [0.3, 0.4) is 0 Å². The fourth-order valence-corrected chi connectivity index (χ4v) is 6.05. The first-order chi connectivity index (χ1) is 16.0. The van der Waals surface area contributed by atoms with Crippen molar-refractivity contribution in [2.45, 2.75) is 50.6 Å². The maximum Gasteiger partial charge on any atom is 0.239 e. The first kappa shape index (κ1) is 22.6. The van der Waals surface area contributed by atoms with Crippen LogP contribution < -0.4 is 15.5 Å². The van der Waals surface area contributed by atoms with Gasteiger partial charge in [0.05, 0.1) is 11.5 Å². The number of nitrogens with zero attached hydrogens (tertiary/aromatic N) is 3. The molecule has 0 radical (unpaired) electrons. The van der Waals surface area contributed by atoms with E-state index in [1.165, 1.54) is 12.1 Å². The molecule has 1 aromatic carbocycles. The molecule has 0 saturated carbocycles. The fourth-order valence-electron chi connectivity index (χ4n) is 6.05. The van der Waals surface area contributed by atoms with Gasteiger partial charge in [0, 0.05) is 57.5 Å². The minimum atomic E-state index is -0.286. The Morgan fingerprint density at radius 3 is 2.45 bits per heavy atom. The van der Waals surface area contributed by atoms with Crippen LogP contribution >= 0.6 is 0 Å². The zero-order valence-electron chi connectivity index (χ0n) is 19.4. The van der Waals surface area contributed by atoms with E-state index < -0.39 is 0 Å². The molecule has 1 spiro atoms. The Balaban J connectivity index is 1.06. The summed E-state index contributed by atoms with van der Waals surface area (Å²) in [5.41, 5.74) is 0.792. The number of anilines is 1. The van der Waals surface area contributed by atoms with E-state index in [-0.39, 0.29) is 35.1 Å². The van der Waals surface area contributed by atoms with E-state index in [4.69, 9.17) is 0 Å². The summed E-state index contributed by atoms with van der Waals surface area (Å²) in [5, 5.41) is 6.57. The van der Waals surface area contributed by atoms with Crippen LogP contribution in [0.1, 0.15) is 38.5 Å². The van der Waals surface area contributed by atoms with Gasteiger partial charge < -0.3 is 20.4 Å². The molecule has 2 amide bonds. The number of halogens is 1. The van der Waals surface area contributed by atoms with Crippen molar-refractivity contribution < 1.29 is 14.0 Å². The van der Waals surface area contributed by atoms with Crippen molar-refractivity contribution >= 4 is 17.5 Å². The summed E-state index contributed by atoms with van der Waals surface area (Å²) in [7, 11) is 0. The van der Waals surface area contributed by atoms with Crippen LogP contribution in [0.4, 0.5) is 10.1 Å². The molecule has 1 aromatic rings. The van der Waals surface area contributed by atoms with Gasteiger partial charge in [-0.2, -0.15) is 0 Å². The summed E-state index contributed by atoms with van der Waals surface area (Å²) < 4.78 is 13.2. The second-order valence-electron chi connectivity index (χ2n) is 10.2. The molecule has 0 aliphatic carbocycles. The molecule has 180 valence electrons. The van der Waals surface area contributed by atoms with Crippen molar-refractivity contribution in [1.82, 2.24) is 20.4 Å². The van der Waals surface area contributed by atoms with Crippen molar-refractivity contribution in [2.75, 3.05) is 57.3 Å². The van der Waals surface area contributed by atoms with Crippen LogP contribution in [-0.4, -0.2) is 86.1 Å². The van der Waals surface area contributed by atoms with Gasteiger partial charge in [-0.1, -0.05) is 0 Å². The minimum absolute atomic E-state index is 0.0206. The Labute approximate surface area is 195 Å². The highest BCUT2D eigenvalue weighted by Crippen LogP contribution is 2.41. The number of likely N-dealkylation sites (tertiary alicyclic amines) is 1. The van der Waals surface area contributed by atoms with Crippen LogP contribution in [0.2, 0.25) is 0 Å². The average molecular weight is 458 g/mol. The summed E-state index contributed by atoms with van der Waals surface area (Å²) in [5.74, 6) is 0.216. The Hall–Kier alpha value is -2.19. The molecule has 2 atom stereocenters. The zero-order chi connectivity index (χ0) is 22.8. The zero-order valence-corrected chi connectivity index (χ0v) is 19.4. The van der Waals surface area contributed by atoms with Gasteiger partial charge in [-0.15, -0.1) is 0 Å². The van der Waals surface area contributed by atoms with E-state index in [9.17, 15) is 14.0 Å². The van der Waals surface area contributed by atoms with Crippen molar-refractivity contribution in [3.8, 4) is 0 Å². The summed E-state index contributed by atoms with van der Waals surface area (Å²) in [4.78, 5) is 32.3. The summed E-state index contributed by atoms with van der Waals surface area (Å²) in [6, 6.07) is 6.95. The molecule has 7 nitrogen and oxygen atoms in total. The van der Waals surface area contributed by atoms with Crippen LogP contribution in [0, 0.1) is 11.2 Å². The minimum Gasteiger partial charge on any atom is -0.369 e. The van der Waals surface area contributed by atoms with Crippen molar-refractivity contribution in [1.29, 1.82) is 0 Å². The number of piperazine rings is 1. The normalized spacial score (nSPS) is 27.8. The summed E-state index contributed by atoms with van der Waals surface area (Å²) >= 11 is 0. The topological polar surface area (TPSA) is 67.9 Å². The third kappa shape index (κ3) is 4.87. The molecule has 33 heavy (non-hydrogen) atoms. The maximum absolute atomic E-state index is 13.2. The molecule has 0 aromatic heterocycles. The lowest BCUT2D eigenvalue weighted by Crippen LogP contribution is -2.50. The number of amides is 2. The quantitative estimate of drug-likeness (QED) is 0.703. The van der Waals surface area contributed by atoms with E-state index in [0.29, 0.717) is 13.1 Å². The van der Waals surface area contributed by atoms with Gasteiger partial charge >= 0.3 is 0 Å². The van der Waals surface area contributed by atoms with Gasteiger partial charge in [-0.05, 0) is 69.3 Å². The predicted molar refractivity (Wildman–Crippen MR) is 125 cm³/mol. The molecule has 4 aliphatic rings. The van der Waals surface area contributed by atoms with E-state index >= 15 is 0 Å². The highest BCUT2D eigenvalue weighted by Gasteiger charge is 2.49. The van der Waals surface area contributed by atoms with E-state index in [1.807, 2.05) is 17.0 Å². The number of rotatable bonds is 5. The standard InChI is InChI=1S/C25H36FN5O2/c26-19-3-5-21(6-4-19)30-16-14-29(15-17-30)11-7-20-18-25(24(33)28-20)8-12-31(13-9-25)23(32)22-2-1-10-27-22/h3-6,20,22,27H,1-2,7-18H2,(H,28,33)/t20-,22?/m0/s1. The van der Waals surface area contributed by atoms with E-state index in [1.54, 1.807) is 0 Å². The van der Waals surface area contributed by atoms with Gasteiger partial charge in [-0.3, -0.25) is 14.5 Å². The lowest BCUT2D eigenvalue weighted by atomic mass is 9.75. The van der Waals surface area contributed by atoms with Gasteiger partial charge in [0.25, 0.3) is 0 Å². The van der Waals surface area contributed by atoms with Crippen LogP contribution in [0.5, 0.6) is 0 Å². The highest BCUT2D eigenvalue weighted by atomic mass is 19.1. The first-order valence-electron chi connectivity index (χ1n) is 12.6. The second kappa shape index (κ2) is 9.58. The van der Waals surface area contributed by atoms with Gasteiger partial charge in [0.1, 0.15) is 5.82 Å². The monoisotopic (exact) mass is 457 g/mol. The fraction of sp³-hybridized carbons (Fsp3) is 0.680. The molecule has 2 N–H and O–H groups in total. The number of hydrogen-bond donors (Lipinski definition) is 2. The number of benzene rings is 1. The lowest BCUT2D eigenvalue weighted by molar-refractivity contribution is -0.139. The second-order valence-corrected chi connectivity index (χ2v) is 10.2. The predicted octanol–water partition coefficient (Wildman–Crippen LogP) is 1.59. The van der Waals surface area contributed by atoms with Crippen LogP contribution in [0.15, 0.2) is 24.3 Å². The number of carbonyl (C=O) groups is 2. The Kier molecular flexibility index (Phi) is 6.56.